The number of halogens is 1. The summed E-state index contributed by atoms with van der Waals surface area (Å²) in [6.07, 6.45) is 1.98. The lowest BCUT2D eigenvalue weighted by Crippen LogP contribution is -2.36. The topological polar surface area (TPSA) is 84.2 Å². The molecule has 1 fully saturated rings. The van der Waals surface area contributed by atoms with Crippen molar-refractivity contribution in [3.05, 3.63) is 59.7 Å². The fourth-order valence-electron chi connectivity index (χ4n) is 3.70. The molecular formula is C21H23FN4O2. The zero-order chi connectivity index (χ0) is 19.5. The van der Waals surface area contributed by atoms with Gasteiger partial charge in [0.25, 0.3) is 5.91 Å². The Labute approximate surface area is 162 Å². The molecule has 146 valence electrons. The highest BCUT2D eigenvalue weighted by atomic mass is 19.1. The molecule has 1 aromatic heterocycles. The van der Waals surface area contributed by atoms with Crippen molar-refractivity contribution in [3.63, 3.8) is 0 Å². The largest absolute Gasteiger partial charge is 0.492 e. The Kier molecular flexibility index (Phi) is 5.25. The number of nitrogens with one attached hydrogen (secondary N) is 1. The Morgan fingerprint density at radius 1 is 1.21 bits per heavy atom. The number of aromatic nitrogens is 2. The number of carbonyl (C=O) groups is 1. The summed E-state index contributed by atoms with van der Waals surface area (Å²) in [7, 11) is 0. The van der Waals surface area contributed by atoms with Gasteiger partial charge in [0.2, 0.25) is 0 Å². The minimum atomic E-state index is -0.459. The van der Waals surface area contributed by atoms with E-state index < -0.39 is 5.91 Å². The van der Waals surface area contributed by atoms with Gasteiger partial charge in [0, 0.05) is 12.5 Å². The molecule has 1 amide bonds. The molecule has 4 rings (SSSR count). The van der Waals surface area contributed by atoms with Crippen LogP contribution in [0.1, 0.15) is 34.9 Å². The van der Waals surface area contributed by atoms with Crippen molar-refractivity contribution in [2.24, 2.45) is 5.73 Å². The van der Waals surface area contributed by atoms with Gasteiger partial charge in [0.1, 0.15) is 29.5 Å². The van der Waals surface area contributed by atoms with Gasteiger partial charge in [-0.2, -0.15) is 0 Å². The lowest BCUT2D eigenvalue weighted by molar-refractivity contribution is 0.100. The predicted octanol–water partition coefficient (Wildman–Crippen LogP) is 3.06. The van der Waals surface area contributed by atoms with E-state index >= 15 is 0 Å². The molecule has 0 spiro atoms. The number of primary amides is 1. The minimum absolute atomic E-state index is 0.261. The van der Waals surface area contributed by atoms with E-state index in [2.05, 4.69) is 14.9 Å². The molecule has 2 aromatic carbocycles. The first-order chi connectivity index (χ1) is 13.6. The normalized spacial score (nSPS) is 15.8. The number of piperidine rings is 1. The van der Waals surface area contributed by atoms with Crippen LogP contribution in [0.5, 0.6) is 5.75 Å². The monoisotopic (exact) mass is 382 g/mol. The van der Waals surface area contributed by atoms with Gasteiger partial charge in [-0.1, -0.05) is 6.07 Å². The van der Waals surface area contributed by atoms with Crippen LogP contribution in [-0.4, -0.2) is 47.0 Å². The number of rotatable bonds is 6. The van der Waals surface area contributed by atoms with Crippen molar-refractivity contribution >= 4 is 16.9 Å². The summed E-state index contributed by atoms with van der Waals surface area (Å²) in [5.41, 5.74) is 7.41. The Morgan fingerprint density at radius 2 is 1.96 bits per heavy atom. The number of likely N-dealkylation sites (tertiary alicyclic amines) is 1. The molecule has 6 nitrogen and oxygen atoms in total. The number of ether oxygens (including phenoxy) is 1. The number of amides is 1. The summed E-state index contributed by atoms with van der Waals surface area (Å²) in [6.45, 7) is 3.31. The molecule has 1 aliphatic heterocycles. The average Bonchev–Trinajstić information content (AvgIpc) is 3.14. The van der Waals surface area contributed by atoms with Crippen molar-refractivity contribution in [2.75, 3.05) is 26.2 Å². The smallest absolute Gasteiger partial charge is 0.250 e. The Hall–Kier alpha value is -2.93. The van der Waals surface area contributed by atoms with Crippen molar-refractivity contribution in [3.8, 4) is 5.75 Å². The molecule has 7 heteroatoms. The number of fused-ring (bicyclic) bond motifs is 1. The molecule has 0 bridgehead atoms. The Morgan fingerprint density at radius 3 is 2.68 bits per heavy atom. The van der Waals surface area contributed by atoms with Crippen LogP contribution in [0.15, 0.2) is 42.5 Å². The number of aromatic amines is 1. The molecule has 3 N–H and O–H groups in total. The molecule has 0 saturated carbocycles. The number of imidazole rings is 1. The maximum atomic E-state index is 12.9. The second-order valence-electron chi connectivity index (χ2n) is 7.11. The zero-order valence-corrected chi connectivity index (χ0v) is 15.5. The van der Waals surface area contributed by atoms with E-state index in [1.807, 2.05) is 12.1 Å². The lowest BCUT2D eigenvalue weighted by atomic mass is 9.96. The SMILES string of the molecule is NC(=O)c1cccc2[nH]c(C3CCN(CCOc4ccc(F)cc4)CC3)nc12. The molecule has 1 saturated heterocycles. The fourth-order valence-corrected chi connectivity index (χ4v) is 3.70. The zero-order valence-electron chi connectivity index (χ0n) is 15.5. The van der Waals surface area contributed by atoms with Gasteiger partial charge in [-0.05, 0) is 62.3 Å². The summed E-state index contributed by atoms with van der Waals surface area (Å²) in [4.78, 5) is 22.0. The minimum Gasteiger partial charge on any atom is -0.492 e. The molecule has 0 radical (unpaired) electrons. The summed E-state index contributed by atoms with van der Waals surface area (Å²) in [5.74, 6) is 1.22. The van der Waals surface area contributed by atoms with Crippen LogP contribution >= 0.6 is 0 Å². The number of hydrogen-bond acceptors (Lipinski definition) is 4. The van der Waals surface area contributed by atoms with Crippen LogP contribution < -0.4 is 10.5 Å². The third-order valence-electron chi connectivity index (χ3n) is 5.26. The lowest BCUT2D eigenvalue weighted by Gasteiger charge is -2.30. The quantitative estimate of drug-likeness (QED) is 0.686. The highest BCUT2D eigenvalue weighted by Gasteiger charge is 2.23. The van der Waals surface area contributed by atoms with Crippen LogP contribution in [-0.2, 0) is 0 Å². The van der Waals surface area contributed by atoms with E-state index in [4.69, 9.17) is 10.5 Å². The third-order valence-corrected chi connectivity index (χ3v) is 5.26. The number of nitrogens with zero attached hydrogens (tertiary/aromatic N) is 2. The van der Waals surface area contributed by atoms with Gasteiger partial charge in [-0.15, -0.1) is 0 Å². The van der Waals surface area contributed by atoms with Crippen LogP contribution in [0.4, 0.5) is 4.39 Å². The van der Waals surface area contributed by atoms with Crippen molar-refractivity contribution in [1.82, 2.24) is 14.9 Å². The average molecular weight is 382 g/mol. The van der Waals surface area contributed by atoms with Gasteiger partial charge in [0.15, 0.2) is 0 Å². The molecule has 0 unspecified atom stereocenters. The highest BCUT2D eigenvalue weighted by Crippen LogP contribution is 2.28. The molecule has 2 heterocycles. The van der Waals surface area contributed by atoms with Gasteiger partial charge in [0.05, 0.1) is 11.1 Å². The Balaban J connectivity index is 1.31. The molecule has 3 aromatic rings. The van der Waals surface area contributed by atoms with Gasteiger partial charge < -0.3 is 15.5 Å². The van der Waals surface area contributed by atoms with Gasteiger partial charge in [-0.3, -0.25) is 9.69 Å². The summed E-state index contributed by atoms with van der Waals surface area (Å²) in [5, 5.41) is 0. The number of benzene rings is 2. The van der Waals surface area contributed by atoms with Crippen molar-refractivity contribution in [1.29, 1.82) is 0 Å². The van der Waals surface area contributed by atoms with Crippen LogP contribution in [0.2, 0.25) is 0 Å². The predicted molar refractivity (Wildman–Crippen MR) is 105 cm³/mol. The van der Waals surface area contributed by atoms with E-state index in [1.165, 1.54) is 12.1 Å². The van der Waals surface area contributed by atoms with Gasteiger partial charge in [-0.25, -0.2) is 9.37 Å². The van der Waals surface area contributed by atoms with Crippen LogP contribution in [0, 0.1) is 5.82 Å². The second kappa shape index (κ2) is 7.98. The van der Waals surface area contributed by atoms with Crippen LogP contribution in [0.25, 0.3) is 11.0 Å². The summed E-state index contributed by atoms with van der Waals surface area (Å²) in [6, 6.07) is 11.5. The van der Waals surface area contributed by atoms with E-state index in [0.29, 0.717) is 29.4 Å². The van der Waals surface area contributed by atoms with Crippen LogP contribution in [0.3, 0.4) is 0 Å². The first-order valence-electron chi connectivity index (χ1n) is 9.49. The summed E-state index contributed by atoms with van der Waals surface area (Å²) < 4.78 is 18.6. The Bertz CT molecular complexity index is 962. The first kappa shape index (κ1) is 18.4. The number of para-hydroxylation sites is 1. The fraction of sp³-hybridized carbons (Fsp3) is 0.333. The van der Waals surface area contributed by atoms with Gasteiger partial charge >= 0.3 is 0 Å². The third kappa shape index (κ3) is 3.99. The molecule has 0 aliphatic carbocycles. The standard InChI is InChI=1S/C21H23FN4O2/c22-15-4-6-16(7-5-15)28-13-12-26-10-8-14(9-11-26)21-24-18-3-1-2-17(20(23)27)19(18)25-21/h1-7,14H,8-13H2,(H2,23,27)(H,24,25). The van der Waals surface area contributed by atoms with E-state index in [9.17, 15) is 9.18 Å². The highest BCUT2D eigenvalue weighted by molar-refractivity contribution is 6.04. The van der Waals surface area contributed by atoms with Crippen molar-refractivity contribution < 1.29 is 13.9 Å². The number of nitrogens with two attached hydrogens (primary N) is 1. The number of carbonyl (C=O) groups excluding carboxylic acids is 1. The van der Waals surface area contributed by atoms with E-state index in [-0.39, 0.29) is 5.82 Å². The van der Waals surface area contributed by atoms with Crippen molar-refractivity contribution in [2.45, 2.75) is 18.8 Å². The molecule has 1 aliphatic rings. The van der Waals surface area contributed by atoms with E-state index in [0.717, 1.165) is 43.8 Å². The second-order valence-corrected chi connectivity index (χ2v) is 7.11. The maximum absolute atomic E-state index is 12.9. The number of H-pyrrole nitrogens is 1. The maximum Gasteiger partial charge on any atom is 0.250 e. The summed E-state index contributed by atoms with van der Waals surface area (Å²) >= 11 is 0. The molecule has 28 heavy (non-hydrogen) atoms. The number of hydrogen-bond donors (Lipinski definition) is 2. The van der Waals surface area contributed by atoms with E-state index in [1.54, 1.807) is 18.2 Å². The molecular weight excluding hydrogens is 359 g/mol. The first-order valence-corrected chi connectivity index (χ1v) is 9.49. The molecule has 0 atom stereocenters.